The van der Waals surface area contributed by atoms with E-state index >= 15 is 0 Å². The number of non-ortho nitro benzene ring substituents is 1. The van der Waals surface area contributed by atoms with Crippen LogP contribution in [0.3, 0.4) is 0 Å². The van der Waals surface area contributed by atoms with Gasteiger partial charge >= 0.3 is 0 Å². The number of hydrogen-bond donors (Lipinski definition) is 0. The SMILES string of the molecule is Cc1ccc(Oc2cc(F)cc([N+](=O)[O-])c2)c(Br)c1. The van der Waals surface area contributed by atoms with Crippen LogP contribution in [0.25, 0.3) is 0 Å². The van der Waals surface area contributed by atoms with Crippen molar-refractivity contribution in [1.29, 1.82) is 0 Å². The molecule has 6 heteroatoms. The lowest BCUT2D eigenvalue weighted by Gasteiger charge is -2.08. The predicted molar refractivity (Wildman–Crippen MR) is 72.0 cm³/mol. The van der Waals surface area contributed by atoms with Crippen LogP contribution in [-0.4, -0.2) is 4.92 Å². The molecule has 0 atom stereocenters. The van der Waals surface area contributed by atoms with E-state index in [-0.39, 0.29) is 11.4 Å². The highest BCUT2D eigenvalue weighted by atomic mass is 79.9. The fourth-order valence-electron chi connectivity index (χ4n) is 1.53. The van der Waals surface area contributed by atoms with Crippen LogP contribution in [0.15, 0.2) is 40.9 Å². The van der Waals surface area contributed by atoms with Crippen molar-refractivity contribution in [1.82, 2.24) is 0 Å². The average molecular weight is 326 g/mol. The summed E-state index contributed by atoms with van der Waals surface area (Å²) in [4.78, 5) is 9.98. The number of aryl methyl sites for hydroxylation is 1. The number of benzene rings is 2. The molecule has 2 aromatic carbocycles. The van der Waals surface area contributed by atoms with Crippen molar-refractivity contribution in [3.05, 3.63) is 62.4 Å². The quantitative estimate of drug-likeness (QED) is 0.612. The van der Waals surface area contributed by atoms with E-state index in [2.05, 4.69) is 15.9 Å². The van der Waals surface area contributed by atoms with Crippen molar-refractivity contribution in [2.45, 2.75) is 6.92 Å². The van der Waals surface area contributed by atoms with E-state index in [4.69, 9.17) is 4.74 Å². The molecule has 0 aliphatic rings. The Morgan fingerprint density at radius 2 is 2.00 bits per heavy atom. The highest BCUT2D eigenvalue weighted by molar-refractivity contribution is 9.10. The summed E-state index contributed by atoms with van der Waals surface area (Å²) >= 11 is 3.32. The molecule has 0 aliphatic heterocycles. The summed E-state index contributed by atoms with van der Waals surface area (Å²) in [5.74, 6) is -0.172. The smallest absolute Gasteiger partial charge is 0.276 e. The summed E-state index contributed by atoms with van der Waals surface area (Å²) in [5, 5.41) is 10.6. The van der Waals surface area contributed by atoms with Crippen molar-refractivity contribution in [2.24, 2.45) is 0 Å². The maximum atomic E-state index is 13.3. The Labute approximate surface area is 117 Å². The first-order valence-corrected chi connectivity index (χ1v) is 6.14. The Hall–Kier alpha value is -1.95. The molecular weight excluding hydrogens is 317 g/mol. The van der Waals surface area contributed by atoms with Crippen LogP contribution in [0.5, 0.6) is 11.5 Å². The zero-order valence-corrected chi connectivity index (χ0v) is 11.5. The maximum absolute atomic E-state index is 13.3. The molecule has 0 unspecified atom stereocenters. The second kappa shape index (κ2) is 5.36. The fourth-order valence-corrected chi connectivity index (χ4v) is 2.10. The van der Waals surface area contributed by atoms with Crippen molar-refractivity contribution >= 4 is 21.6 Å². The van der Waals surface area contributed by atoms with Gasteiger partial charge in [0.25, 0.3) is 5.69 Å². The van der Waals surface area contributed by atoms with Crippen molar-refractivity contribution in [3.8, 4) is 11.5 Å². The van der Waals surface area contributed by atoms with Crippen LogP contribution < -0.4 is 4.74 Å². The lowest BCUT2D eigenvalue weighted by molar-refractivity contribution is -0.385. The van der Waals surface area contributed by atoms with E-state index < -0.39 is 10.7 Å². The fraction of sp³-hybridized carbons (Fsp3) is 0.0769. The normalized spacial score (nSPS) is 10.3. The lowest BCUT2D eigenvalue weighted by atomic mass is 10.2. The third kappa shape index (κ3) is 3.29. The molecule has 0 saturated heterocycles. The van der Waals surface area contributed by atoms with Crippen LogP contribution in [0.4, 0.5) is 10.1 Å². The molecule has 0 amide bonds. The number of nitro benzene ring substituents is 1. The Balaban J connectivity index is 2.35. The molecule has 19 heavy (non-hydrogen) atoms. The number of nitrogens with zero attached hydrogens (tertiary/aromatic N) is 1. The van der Waals surface area contributed by atoms with Crippen LogP contribution in [0, 0.1) is 22.9 Å². The molecule has 0 fully saturated rings. The topological polar surface area (TPSA) is 52.4 Å². The zero-order valence-electron chi connectivity index (χ0n) is 9.89. The molecule has 0 spiro atoms. The summed E-state index contributed by atoms with van der Waals surface area (Å²) in [6.45, 7) is 1.92. The molecule has 0 N–H and O–H groups in total. The van der Waals surface area contributed by atoms with Crippen LogP contribution in [0.2, 0.25) is 0 Å². The first-order chi connectivity index (χ1) is 8.95. The van der Waals surface area contributed by atoms with E-state index in [0.717, 1.165) is 17.7 Å². The van der Waals surface area contributed by atoms with Gasteiger partial charge in [-0.2, -0.15) is 0 Å². The lowest BCUT2D eigenvalue weighted by Crippen LogP contribution is -1.92. The number of hydrogen-bond acceptors (Lipinski definition) is 3. The second-order valence-electron chi connectivity index (χ2n) is 3.94. The Kier molecular flexibility index (Phi) is 3.80. The molecule has 2 rings (SSSR count). The Morgan fingerprint density at radius 3 is 2.63 bits per heavy atom. The monoisotopic (exact) mass is 325 g/mol. The summed E-state index contributed by atoms with van der Waals surface area (Å²) in [7, 11) is 0. The molecule has 0 radical (unpaired) electrons. The third-order valence-electron chi connectivity index (χ3n) is 2.38. The first-order valence-electron chi connectivity index (χ1n) is 5.35. The molecule has 0 aromatic heterocycles. The van der Waals surface area contributed by atoms with Gasteiger partial charge in [-0.1, -0.05) is 6.07 Å². The van der Waals surface area contributed by atoms with E-state index in [1.165, 1.54) is 6.07 Å². The van der Waals surface area contributed by atoms with Crippen molar-refractivity contribution < 1.29 is 14.1 Å². The summed E-state index contributed by atoms with van der Waals surface area (Å²) < 4.78 is 19.4. The van der Waals surface area contributed by atoms with Crippen molar-refractivity contribution in [2.75, 3.05) is 0 Å². The molecule has 0 bridgehead atoms. The second-order valence-corrected chi connectivity index (χ2v) is 4.79. The summed E-state index contributed by atoms with van der Waals surface area (Å²) in [6, 6.07) is 8.48. The van der Waals surface area contributed by atoms with Gasteiger partial charge in [0.05, 0.1) is 21.5 Å². The van der Waals surface area contributed by atoms with E-state index in [1.807, 2.05) is 19.1 Å². The van der Waals surface area contributed by atoms with Gasteiger partial charge < -0.3 is 4.74 Å². The van der Waals surface area contributed by atoms with Gasteiger partial charge in [-0.3, -0.25) is 10.1 Å². The third-order valence-corrected chi connectivity index (χ3v) is 3.00. The number of halogens is 2. The minimum absolute atomic E-state index is 0.0799. The maximum Gasteiger partial charge on any atom is 0.276 e. The predicted octanol–water partition coefficient (Wildman–Crippen LogP) is 4.60. The van der Waals surface area contributed by atoms with Gasteiger partial charge in [0.2, 0.25) is 0 Å². The van der Waals surface area contributed by atoms with E-state index in [0.29, 0.717) is 10.2 Å². The van der Waals surface area contributed by atoms with Crippen LogP contribution >= 0.6 is 15.9 Å². The number of rotatable bonds is 3. The highest BCUT2D eigenvalue weighted by Crippen LogP contribution is 2.32. The zero-order chi connectivity index (χ0) is 14.0. The minimum atomic E-state index is -0.715. The molecular formula is C13H9BrFNO3. The molecule has 4 nitrogen and oxygen atoms in total. The van der Waals surface area contributed by atoms with E-state index in [1.54, 1.807) is 6.07 Å². The Morgan fingerprint density at radius 1 is 1.26 bits per heavy atom. The average Bonchev–Trinajstić information content (AvgIpc) is 2.32. The van der Waals surface area contributed by atoms with Gasteiger partial charge in [0.15, 0.2) is 0 Å². The van der Waals surface area contributed by atoms with Gasteiger partial charge in [0, 0.05) is 6.07 Å². The van der Waals surface area contributed by atoms with Gasteiger partial charge in [-0.25, -0.2) is 4.39 Å². The summed E-state index contributed by atoms with van der Waals surface area (Å²) in [5.41, 5.74) is 0.683. The number of ether oxygens (including phenoxy) is 1. The highest BCUT2D eigenvalue weighted by Gasteiger charge is 2.12. The molecule has 0 saturated carbocycles. The van der Waals surface area contributed by atoms with Gasteiger partial charge in [0.1, 0.15) is 17.3 Å². The molecule has 0 aliphatic carbocycles. The number of nitro groups is 1. The Bertz CT molecular complexity index is 646. The van der Waals surface area contributed by atoms with Crippen molar-refractivity contribution in [3.63, 3.8) is 0 Å². The van der Waals surface area contributed by atoms with Crippen LogP contribution in [0.1, 0.15) is 5.56 Å². The molecule has 2 aromatic rings. The van der Waals surface area contributed by atoms with Gasteiger partial charge in [-0.15, -0.1) is 0 Å². The minimum Gasteiger partial charge on any atom is -0.456 e. The van der Waals surface area contributed by atoms with Gasteiger partial charge in [-0.05, 0) is 40.5 Å². The van der Waals surface area contributed by atoms with Crippen LogP contribution in [-0.2, 0) is 0 Å². The van der Waals surface area contributed by atoms with E-state index in [9.17, 15) is 14.5 Å². The first kappa shape index (κ1) is 13.5. The largest absolute Gasteiger partial charge is 0.456 e. The molecule has 0 heterocycles. The standard InChI is InChI=1S/C13H9BrFNO3/c1-8-2-3-13(12(14)4-8)19-11-6-9(15)5-10(7-11)16(17)18/h2-7H,1H3. The summed E-state index contributed by atoms with van der Waals surface area (Å²) in [6.07, 6.45) is 0. The molecule has 98 valence electrons.